The van der Waals surface area contributed by atoms with Gasteiger partial charge in [0.05, 0.1) is 29.5 Å². The Balaban J connectivity index is 2.14. The molecule has 0 bridgehead atoms. The molecular weight excluding hydrogens is 389 g/mol. The van der Waals surface area contributed by atoms with Crippen molar-refractivity contribution < 1.29 is 33.0 Å². The minimum absolute atomic E-state index is 0.320. The van der Waals surface area contributed by atoms with Gasteiger partial charge in [0, 0.05) is 0 Å². The summed E-state index contributed by atoms with van der Waals surface area (Å²) in [5.41, 5.74) is 9.42. The van der Waals surface area contributed by atoms with Gasteiger partial charge in [-0.1, -0.05) is 30.3 Å². The summed E-state index contributed by atoms with van der Waals surface area (Å²) in [7, 11) is 0. The Morgan fingerprint density at radius 1 is 1.24 bits per heavy atom. The molecule has 29 heavy (non-hydrogen) atoms. The lowest BCUT2D eigenvalue weighted by Crippen LogP contribution is -2.58. The van der Waals surface area contributed by atoms with Gasteiger partial charge in [-0.15, -0.1) is 0 Å². The summed E-state index contributed by atoms with van der Waals surface area (Å²) in [6.07, 6.45) is -5.79. The minimum atomic E-state index is -4.54. The van der Waals surface area contributed by atoms with Crippen molar-refractivity contribution in [1.29, 1.82) is 0 Å². The number of alkyl halides is 3. The van der Waals surface area contributed by atoms with Crippen LogP contribution in [-0.4, -0.2) is 39.9 Å². The van der Waals surface area contributed by atoms with E-state index in [2.05, 4.69) is 0 Å². The number of nitrogens with two attached hydrogens (primary N) is 2. The number of amides is 2. The molecule has 0 aliphatic heterocycles. The Morgan fingerprint density at radius 3 is 2.38 bits per heavy atom. The van der Waals surface area contributed by atoms with E-state index in [0.717, 1.165) is 5.56 Å². The van der Waals surface area contributed by atoms with Crippen molar-refractivity contribution in [3.05, 3.63) is 42.3 Å². The summed E-state index contributed by atoms with van der Waals surface area (Å²) in [6.45, 7) is 0. The quantitative estimate of drug-likeness (QED) is 0.513. The van der Waals surface area contributed by atoms with Gasteiger partial charge in [-0.2, -0.15) is 13.2 Å². The van der Waals surface area contributed by atoms with E-state index in [1.807, 2.05) is 30.3 Å². The van der Waals surface area contributed by atoms with Crippen LogP contribution in [0, 0.1) is 24.2 Å². The SMILES string of the molecule is NC(=O)C1CC(C(F)(F)F)CC[C@@]1(O)[C@H](C[C@@H](O)[CH]Cc1ccccc1)C(N)=O. The van der Waals surface area contributed by atoms with Crippen LogP contribution in [0.1, 0.15) is 31.2 Å². The summed E-state index contributed by atoms with van der Waals surface area (Å²) in [6, 6.07) is 9.15. The highest BCUT2D eigenvalue weighted by molar-refractivity contribution is 5.82. The second-order valence-corrected chi connectivity index (χ2v) is 7.64. The van der Waals surface area contributed by atoms with Gasteiger partial charge in [-0.25, -0.2) is 0 Å². The molecule has 0 spiro atoms. The zero-order valence-corrected chi connectivity index (χ0v) is 15.8. The molecule has 0 saturated heterocycles. The zero-order chi connectivity index (χ0) is 21.8. The number of benzene rings is 1. The van der Waals surface area contributed by atoms with Gasteiger partial charge in [-0.05, 0) is 44.1 Å². The highest BCUT2D eigenvalue weighted by Gasteiger charge is 2.56. The van der Waals surface area contributed by atoms with Crippen LogP contribution < -0.4 is 11.5 Å². The molecule has 2 unspecified atom stereocenters. The summed E-state index contributed by atoms with van der Waals surface area (Å²) in [5.74, 6) is -6.95. The maximum absolute atomic E-state index is 13.1. The molecule has 1 radical (unpaired) electrons. The Hall–Kier alpha value is -2.13. The topological polar surface area (TPSA) is 127 Å². The Bertz CT molecular complexity index is 713. The summed E-state index contributed by atoms with van der Waals surface area (Å²) in [4.78, 5) is 23.9. The third-order valence-corrected chi connectivity index (χ3v) is 5.72. The second-order valence-electron chi connectivity index (χ2n) is 7.64. The van der Waals surface area contributed by atoms with Gasteiger partial charge < -0.3 is 21.7 Å². The molecule has 161 valence electrons. The third-order valence-electron chi connectivity index (χ3n) is 5.72. The fraction of sp³-hybridized carbons (Fsp3) is 0.550. The lowest BCUT2D eigenvalue weighted by molar-refractivity contribution is -0.209. The first-order valence-electron chi connectivity index (χ1n) is 9.38. The van der Waals surface area contributed by atoms with Crippen LogP contribution in [0.5, 0.6) is 0 Å². The van der Waals surface area contributed by atoms with Gasteiger partial charge in [0.2, 0.25) is 11.8 Å². The number of carbonyl (C=O) groups excluding carboxylic acids is 2. The van der Waals surface area contributed by atoms with Crippen LogP contribution in [0.3, 0.4) is 0 Å². The van der Waals surface area contributed by atoms with Crippen molar-refractivity contribution in [3.8, 4) is 0 Å². The molecule has 1 aromatic rings. The first-order valence-corrected chi connectivity index (χ1v) is 9.38. The molecule has 0 heterocycles. The van der Waals surface area contributed by atoms with Crippen LogP contribution in [0.15, 0.2) is 30.3 Å². The number of aliphatic hydroxyl groups excluding tert-OH is 1. The van der Waals surface area contributed by atoms with Crippen LogP contribution in [0.4, 0.5) is 13.2 Å². The first kappa shape index (κ1) is 23.2. The van der Waals surface area contributed by atoms with Gasteiger partial charge >= 0.3 is 6.18 Å². The highest BCUT2D eigenvalue weighted by atomic mass is 19.4. The van der Waals surface area contributed by atoms with E-state index in [9.17, 15) is 33.0 Å². The lowest BCUT2D eigenvalue weighted by atomic mass is 9.63. The van der Waals surface area contributed by atoms with Gasteiger partial charge in [-0.3, -0.25) is 9.59 Å². The van der Waals surface area contributed by atoms with Crippen LogP contribution in [0.25, 0.3) is 0 Å². The molecule has 2 amide bonds. The molecule has 5 atom stereocenters. The molecule has 6 nitrogen and oxygen atoms in total. The molecule has 1 saturated carbocycles. The van der Waals surface area contributed by atoms with E-state index in [-0.39, 0.29) is 6.42 Å². The van der Waals surface area contributed by atoms with E-state index in [0.29, 0.717) is 6.42 Å². The third kappa shape index (κ3) is 5.70. The molecule has 9 heteroatoms. The molecule has 1 fully saturated rings. The van der Waals surface area contributed by atoms with Crippen molar-refractivity contribution in [1.82, 2.24) is 0 Å². The van der Waals surface area contributed by atoms with Crippen molar-refractivity contribution in [2.45, 2.75) is 50.0 Å². The predicted octanol–water partition coefficient (Wildman–Crippen LogP) is 1.48. The fourth-order valence-corrected chi connectivity index (χ4v) is 4.05. The molecule has 1 aliphatic rings. The second kappa shape index (κ2) is 9.13. The largest absolute Gasteiger partial charge is 0.393 e. The summed E-state index contributed by atoms with van der Waals surface area (Å²) < 4.78 is 39.3. The molecule has 0 aromatic heterocycles. The van der Waals surface area contributed by atoms with E-state index >= 15 is 0 Å². The minimum Gasteiger partial charge on any atom is -0.393 e. The Labute approximate surface area is 167 Å². The number of primary amides is 2. The smallest absolute Gasteiger partial charge is 0.391 e. The highest BCUT2D eigenvalue weighted by Crippen LogP contribution is 2.47. The number of hydrogen-bond acceptors (Lipinski definition) is 4. The first-order chi connectivity index (χ1) is 13.4. The number of rotatable bonds is 8. The average molecular weight is 415 g/mol. The number of aliphatic hydroxyl groups is 2. The van der Waals surface area contributed by atoms with Crippen molar-refractivity contribution in [2.75, 3.05) is 0 Å². The summed E-state index contributed by atoms with van der Waals surface area (Å²) in [5, 5.41) is 21.4. The van der Waals surface area contributed by atoms with Crippen LogP contribution >= 0.6 is 0 Å². The van der Waals surface area contributed by atoms with E-state index in [4.69, 9.17) is 11.5 Å². The average Bonchev–Trinajstić information content (AvgIpc) is 2.64. The number of halogens is 3. The lowest BCUT2D eigenvalue weighted by Gasteiger charge is -2.45. The molecule has 6 N–H and O–H groups in total. The van der Waals surface area contributed by atoms with Gasteiger partial charge in [0.1, 0.15) is 0 Å². The normalized spacial score (nSPS) is 27.2. The maximum Gasteiger partial charge on any atom is 0.391 e. The van der Waals surface area contributed by atoms with Crippen molar-refractivity contribution in [3.63, 3.8) is 0 Å². The van der Waals surface area contributed by atoms with Crippen LogP contribution in [0.2, 0.25) is 0 Å². The number of carbonyl (C=O) groups is 2. The number of hydrogen-bond donors (Lipinski definition) is 4. The van der Waals surface area contributed by atoms with Crippen molar-refractivity contribution >= 4 is 11.8 Å². The summed E-state index contributed by atoms with van der Waals surface area (Å²) >= 11 is 0. The van der Waals surface area contributed by atoms with Crippen molar-refractivity contribution in [2.24, 2.45) is 29.2 Å². The van der Waals surface area contributed by atoms with E-state index in [1.165, 1.54) is 6.42 Å². The van der Waals surface area contributed by atoms with Crippen LogP contribution in [-0.2, 0) is 16.0 Å². The van der Waals surface area contributed by atoms with Gasteiger partial charge in [0.25, 0.3) is 0 Å². The maximum atomic E-state index is 13.1. The Morgan fingerprint density at radius 2 is 1.86 bits per heavy atom. The zero-order valence-electron chi connectivity index (χ0n) is 15.8. The Kier molecular flexibility index (Phi) is 7.29. The van der Waals surface area contributed by atoms with E-state index < -0.39 is 66.7 Å². The standard InChI is InChI=1S/C20H26F3N2O4/c21-20(22,23)13-8-9-19(29,15(10-13)17(24)27)16(18(25)28)11-14(26)7-6-12-4-2-1-3-5-12/h1-5,7,13-16,26,29H,6,8-11H2,(H2,24,27)(H2,25,28)/t13?,14-,15?,16+,19-/m0/s1. The van der Waals surface area contributed by atoms with E-state index in [1.54, 1.807) is 0 Å². The predicted molar refractivity (Wildman–Crippen MR) is 98.8 cm³/mol. The monoisotopic (exact) mass is 415 g/mol. The molecule has 1 aliphatic carbocycles. The molecule has 2 rings (SSSR count). The molecule has 1 aromatic carbocycles. The van der Waals surface area contributed by atoms with Gasteiger partial charge in [0.15, 0.2) is 0 Å². The molecular formula is C20H26F3N2O4. The fourth-order valence-electron chi connectivity index (χ4n) is 4.05.